The summed E-state index contributed by atoms with van der Waals surface area (Å²) < 4.78 is 23.4. The number of rotatable bonds is 5. The van der Waals surface area contributed by atoms with E-state index in [-0.39, 0.29) is 4.90 Å². The summed E-state index contributed by atoms with van der Waals surface area (Å²) in [6.45, 7) is 3.09. The van der Waals surface area contributed by atoms with Crippen LogP contribution >= 0.6 is 0 Å². The predicted octanol–water partition coefficient (Wildman–Crippen LogP) is 3.05. The fourth-order valence-corrected chi connectivity index (χ4v) is 3.92. The van der Waals surface area contributed by atoms with Gasteiger partial charge in [0.1, 0.15) is 0 Å². The summed E-state index contributed by atoms with van der Waals surface area (Å²) >= 11 is 0. The van der Waals surface area contributed by atoms with Gasteiger partial charge in [-0.05, 0) is 36.8 Å². The highest BCUT2D eigenvalue weighted by Gasteiger charge is 2.31. The van der Waals surface area contributed by atoms with Gasteiger partial charge in [-0.2, -0.15) is 0 Å². The van der Waals surface area contributed by atoms with E-state index in [0.717, 1.165) is 18.7 Å². The van der Waals surface area contributed by atoms with E-state index in [2.05, 4.69) is 12.2 Å². The molecule has 1 saturated carbocycles. The first-order chi connectivity index (χ1) is 9.38. The fraction of sp³-hybridized carbons (Fsp3) is 0.600. The standard InChI is InChI=1S/C15H24N2O2S/c1-3-15(9-4-5-10-15)11-17-12-7-6-8-13(14(12)16)20(2,18)19/h6-8,17H,3-5,9-11,16H2,1-2H3. The normalized spacial score (nSPS) is 18.1. The molecule has 0 saturated heterocycles. The Kier molecular flexibility index (Phi) is 4.28. The number of sulfone groups is 1. The number of hydrogen-bond donors (Lipinski definition) is 2. The van der Waals surface area contributed by atoms with E-state index in [9.17, 15) is 8.42 Å². The number of para-hydroxylation sites is 1. The molecule has 0 aliphatic heterocycles. The van der Waals surface area contributed by atoms with Gasteiger partial charge in [-0.3, -0.25) is 0 Å². The first-order valence-corrected chi connectivity index (χ1v) is 9.09. The van der Waals surface area contributed by atoms with Crippen molar-refractivity contribution in [1.82, 2.24) is 0 Å². The summed E-state index contributed by atoms with van der Waals surface area (Å²) in [4.78, 5) is 0.208. The molecule has 5 heteroatoms. The first-order valence-electron chi connectivity index (χ1n) is 7.20. The molecule has 1 aromatic rings. The SMILES string of the molecule is CCC1(CNc2cccc(S(C)(=O)=O)c2N)CCCC1. The number of nitrogens with one attached hydrogen (secondary N) is 1. The smallest absolute Gasteiger partial charge is 0.177 e. The molecule has 1 aromatic carbocycles. The summed E-state index contributed by atoms with van der Waals surface area (Å²) in [5, 5.41) is 3.37. The van der Waals surface area contributed by atoms with Crippen molar-refractivity contribution in [2.75, 3.05) is 23.9 Å². The van der Waals surface area contributed by atoms with Crippen LogP contribution in [0.4, 0.5) is 11.4 Å². The molecule has 0 radical (unpaired) electrons. The third-order valence-electron chi connectivity index (χ3n) is 4.53. The van der Waals surface area contributed by atoms with E-state index < -0.39 is 9.84 Å². The summed E-state index contributed by atoms with van der Waals surface area (Å²) in [5.41, 5.74) is 7.40. The van der Waals surface area contributed by atoms with Crippen LogP contribution in [-0.2, 0) is 9.84 Å². The molecule has 112 valence electrons. The Morgan fingerprint density at radius 1 is 1.30 bits per heavy atom. The third-order valence-corrected chi connectivity index (χ3v) is 5.69. The summed E-state index contributed by atoms with van der Waals surface area (Å²) in [5.74, 6) is 0. The number of hydrogen-bond acceptors (Lipinski definition) is 4. The van der Waals surface area contributed by atoms with Crippen LogP contribution in [0.3, 0.4) is 0 Å². The molecule has 1 aliphatic carbocycles. The molecule has 3 N–H and O–H groups in total. The zero-order valence-electron chi connectivity index (χ0n) is 12.3. The van der Waals surface area contributed by atoms with Crippen molar-refractivity contribution in [3.63, 3.8) is 0 Å². The Balaban J connectivity index is 2.18. The molecule has 4 nitrogen and oxygen atoms in total. The molecule has 0 spiro atoms. The second-order valence-electron chi connectivity index (χ2n) is 5.90. The highest BCUT2D eigenvalue weighted by molar-refractivity contribution is 7.90. The Morgan fingerprint density at radius 3 is 2.50 bits per heavy atom. The van der Waals surface area contributed by atoms with Crippen LogP contribution in [0, 0.1) is 5.41 Å². The van der Waals surface area contributed by atoms with Gasteiger partial charge in [-0.25, -0.2) is 8.42 Å². The van der Waals surface area contributed by atoms with Gasteiger partial charge < -0.3 is 11.1 Å². The first kappa shape index (κ1) is 15.2. The second kappa shape index (κ2) is 5.64. The van der Waals surface area contributed by atoms with E-state index in [0.29, 0.717) is 11.1 Å². The van der Waals surface area contributed by atoms with Gasteiger partial charge in [0, 0.05) is 12.8 Å². The molecule has 0 bridgehead atoms. The number of benzene rings is 1. The van der Waals surface area contributed by atoms with Crippen molar-refractivity contribution < 1.29 is 8.42 Å². The Labute approximate surface area is 121 Å². The van der Waals surface area contributed by atoms with Crippen LogP contribution < -0.4 is 11.1 Å². The molecule has 1 fully saturated rings. The highest BCUT2D eigenvalue weighted by Crippen LogP contribution is 2.41. The lowest BCUT2D eigenvalue weighted by Crippen LogP contribution is -2.26. The minimum atomic E-state index is -3.28. The largest absolute Gasteiger partial charge is 0.396 e. The molecule has 0 unspecified atom stereocenters. The molecule has 0 atom stereocenters. The molecule has 0 amide bonds. The van der Waals surface area contributed by atoms with Crippen LogP contribution in [0.1, 0.15) is 39.0 Å². The number of nitrogen functional groups attached to an aromatic ring is 1. The minimum absolute atomic E-state index is 0.208. The third kappa shape index (κ3) is 3.08. The lowest BCUT2D eigenvalue weighted by molar-refractivity contribution is 0.307. The highest BCUT2D eigenvalue weighted by atomic mass is 32.2. The number of anilines is 2. The summed E-state index contributed by atoms with van der Waals surface area (Å²) in [7, 11) is -3.28. The van der Waals surface area contributed by atoms with E-state index >= 15 is 0 Å². The maximum absolute atomic E-state index is 11.7. The zero-order valence-corrected chi connectivity index (χ0v) is 13.1. The van der Waals surface area contributed by atoms with Crippen molar-refractivity contribution in [3.05, 3.63) is 18.2 Å². The Morgan fingerprint density at radius 2 is 1.95 bits per heavy atom. The predicted molar refractivity (Wildman–Crippen MR) is 83.6 cm³/mol. The van der Waals surface area contributed by atoms with Crippen LogP contribution in [-0.4, -0.2) is 21.2 Å². The Hall–Kier alpha value is -1.23. The summed E-state index contributed by atoms with van der Waals surface area (Å²) in [6, 6.07) is 5.14. The monoisotopic (exact) mass is 296 g/mol. The van der Waals surface area contributed by atoms with Crippen molar-refractivity contribution >= 4 is 21.2 Å². The van der Waals surface area contributed by atoms with Gasteiger partial charge >= 0.3 is 0 Å². The van der Waals surface area contributed by atoms with E-state index in [1.807, 2.05) is 6.07 Å². The lowest BCUT2D eigenvalue weighted by Gasteiger charge is -2.28. The molecule has 0 heterocycles. The van der Waals surface area contributed by atoms with Crippen molar-refractivity contribution in [2.45, 2.75) is 43.9 Å². The zero-order chi connectivity index (χ0) is 14.8. The van der Waals surface area contributed by atoms with Crippen molar-refractivity contribution in [3.8, 4) is 0 Å². The van der Waals surface area contributed by atoms with Gasteiger partial charge in [0.2, 0.25) is 0 Å². The van der Waals surface area contributed by atoms with Crippen LogP contribution in [0.5, 0.6) is 0 Å². The minimum Gasteiger partial charge on any atom is -0.396 e. The van der Waals surface area contributed by atoms with Crippen LogP contribution in [0.25, 0.3) is 0 Å². The average Bonchev–Trinajstić information content (AvgIpc) is 2.85. The van der Waals surface area contributed by atoms with Crippen LogP contribution in [0.2, 0.25) is 0 Å². The van der Waals surface area contributed by atoms with Crippen LogP contribution in [0.15, 0.2) is 23.1 Å². The van der Waals surface area contributed by atoms with Crippen molar-refractivity contribution in [1.29, 1.82) is 0 Å². The van der Waals surface area contributed by atoms with Gasteiger partial charge in [-0.15, -0.1) is 0 Å². The van der Waals surface area contributed by atoms with Gasteiger partial charge in [0.15, 0.2) is 9.84 Å². The lowest BCUT2D eigenvalue weighted by atomic mass is 9.83. The Bertz CT molecular complexity index is 576. The topological polar surface area (TPSA) is 72.2 Å². The van der Waals surface area contributed by atoms with E-state index in [4.69, 9.17) is 5.73 Å². The fourth-order valence-electron chi connectivity index (χ4n) is 3.08. The maximum atomic E-state index is 11.7. The molecule has 2 rings (SSSR count). The van der Waals surface area contributed by atoms with Gasteiger partial charge in [0.25, 0.3) is 0 Å². The molecule has 20 heavy (non-hydrogen) atoms. The van der Waals surface area contributed by atoms with E-state index in [1.54, 1.807) is 12.1 Å². The average molecular weight is 296 g/mol. The second-order valence-corrected chi connectivity index (χ2v) is 7.89. The van der Waals surface area contributed by atoms with E-state index in [1.165, 1.54) is 31.9 Å². The van der Waals surface area contributed by atoms with Gasteiger partial charge in [0.05, 0.1) is 16.3 Å². The van der Waals surface area contributed by atoms with Gasteiger partial charge in [-0.1, -0.05) is 25.8 Å². The number of nitrogens with two attached hydrogens (primary N) is 1. The quantitative estimate of drug-likeness (QED) is 0.819. The molecular formula is C15H24N2O2S. The molecular weight excluding hydrogens is 272 g/mol. The van der Waals surface area contributed by atoms with Crippen molar-refractivity contribution in [2.24, 2.45) is 5.41 Å². The maximum Gasteiger partial charge on any atom is 0.177 e. The molecule has 0 aromatic heterocycles. The molecule has 1 aliphatic rings. The summed E-state index contributed by atoms with van der Waals surface area (Å²) in [6.07, 6.45) is 7.38.